The minimum atomic E-state index is -0.821. The van der Waals surface area contributed by atoms with Crippen LogP contribution in [0.4, 0.5) is 8.78 Å². The molecule has 0 saturated heterocycles. The quantitative estimate of drug-likeness (QED) is 0.845. The van der Waals surface area contributed by atoms with Gasteiger partial charge in [0.25, 0.3) is 0 Å². The predicted molar refractivity (Wildman–Crippen MR) is 75.7 cm³/mol. The van der Waals surface area contributed by atoms with E-state index in [4.69, 9.17) is 4.74 Å². The van der Waals surface area contributed by atoms with Crippen molar-refractivity contribution in [2.24, 2.45) is 0 Å². The first kappa shape index (κ1) is 15.9. The van der Waals surface area contributed by atoms with Crippen LogP contribution in [0.1, 0.15) is 50.6 Å². The summed E-state index contributed by atoms with van der Waals surface area (Å²) in [5.41, 5.74) is 0.275. The molecule has 0 radical (unpaired) electrons. The summed E-state index contributed by atoms with van der Waals surface area (Å²) in [6, 6.07) is 2.52. The number of ether oxygens (including phenoxy) is 1. The molecule has 0 bridgehead atoms. The number of hydrogen-bond acceptors (Lipinski definition) is 3. The molecule has 5 heteroatoms. The highest BCUT2D eigenvalue weighted by atomic mass is 19.1. The Bertz CT molecular complexity index is 467. The van der Waals surface area contributed by atoms with E-state index < -0.39 is 23.6 Å². The van der Waals surface area contributed by atoms with E-state index in [2.05, 4.69) is 5.32 Å². The zero-order chi connectivity index (χ0) is 15.2. The summed E-state index contributed by atoms with van der Waals surface area (Å²) >= 11 is 0. The fraction of sp³-hybridized carbons (Fsp3) is 0.562. The second-order valence-electron chi connectivity index (χ2n) is 5.39. The Kier molecular flexibility index (Phi) is 5.67. The Morgan fingerprint density at radius 1 is 1.24 bits per heavy atom. The lowest BCUT2D eigenvalue weighted by Crippen LogP contribution is -2.39. The normalized spacial score (nSPS) is 17.5. The number of hydrogen-bond donors (Lipinski definition) is 1. The van der Waals surface area contributed by atoms with Crippen LogP contribution < -0.4 is 5.32 Å². The highest BCUT2D eigenvalue weighted by Gasteiger charge is 2.26. The second-order valence-corrected chi connectivity index (χ2v) is 5.39. The molecule has 0 amide bonds. The van der Waals surface area contributed by atoms with Crippen LogP contribution in [0.2, 0.25) is 0 Å². The van der Waals surface area contributed by atoms with Gasteiger partial charge in [0.05, 0.1) is 6.61 Å². The molecule has 1 aliphatic rings. The van der Waals surface area contributed by atoms with Crippen molar-refractivity contribution in [3.05, 3.63) is 35.4 Å². The minimum absolute atomic E-state index is 0.180. The molecular weight excluding hydrogens is 276 g/mol. The van der Waals surface area contributed by atoms with Gasteiger partial charge in [0.15, 0.2) is 0 Å². The van der Waals surface area contributed by atoms with Gasteiger partial charge in [-0.1, -0.05) is 19.3 Å². The van der Waals surface area contributed by atoms with Crippen molar-refractivity contribution in [1.82, 2.24) is 5.32 Å². The van der Waals surface area contributed by atoms with Crippen LogP contribution in [0.15, 0.2) is 18.2 Å². The van der Waals surface area contributed by atoms with E-state index in [1.54, 1.807) is 6.92 Å². The molecular formula is C16H21F2NO2. The molecule has 1 aromatic carbocycles. The molecule has 0 heterocycles. The first-order valence-corrected chi connectivity index (χ1v) is 7.49. The number of carbonyl (C=O) groups excluding carboxylic acids is 1. The summed E-state index contributed by atoms with van der Waals surface area (Å²) in [6.45, 7) is 1.95. The fourth-order valence-electron chi connectivity index (χ4n) is 2.77. The SMILES string of the molecule is CCOC(=O)C(NC1CCCCC1)c1cc(F)cc(F)c1. The molecule has 0 aliphatic heterocycles. The number of benzene rings is 1. The van der Waals surface area contributed by atoms with E-state index in [0.717, 1.165) is 31.7 Å². The van der Waals surface area contributed by atoms with Crippen molar-refractivity contribution in [1.29, 1.82) is 0 Å². The number of esters is 1. The van der Waals surface area contributed by atoms with Gasteiger partial charge in [0.2, 0.25) is 0 Å². The van der Waals surface area contributed by atoms with Crippen LogP contribution in [0.25, 0.3) is 0 Å². The molecule has 116 valence electrons. The standard InChI is InChI=1S/C16H21F2NO2/c1-2-21-16(20)15(19-14-6-4-3-5-7-14)11-8-12(17)10-13(18)9-11/h8-10,14-15,19H,2-7H2,1H3. The summed E-state index contributed by atoms with van der Waals surface area (Å²) in [6.07, 6.45) is 5.33. The third-order valence-corrected chi connectivity index (χ3v) is 3.75. The van der Waals surface area contributed by atoms with Crippen LogP contribution in [-0.2, 0) is 9.53 Å². The maximum Gasteiger partial charge on any atom is 0.327 e. The van der Waals surface area contributed by atoms with E-state index >= 15 is 0 Å². The van der Waals surface area contributed by atoms with Gasteiger partial charge >= 0.3 is 5.97 Å². The Labute approximate surface area is 123 Å². The molecule has 1 N–H and O–H groups in total. The molecule has 1 atom stereocenters. The number of halogens is 2. The zero-order valence-electron chi connectivity index (χ0n) is 12.2. The highest BCUT2D eigenvalue weighted by Crippen LogP contribution is 2.23. The third kappa shape index (κ3) is 4.49. The maximum absolute atomic E-state index is 13.4. The largest absolute Gasteiger partial charge is 0.465 e. The molecule has 0 aromatic heterocycles. The summed E-state index contributed by atoms with van der Waals surface area (Å²) < 4.78 is 31.8. The Morgan fingerprint density at radius 2 is 1.86 bits per heavy atom. The first-order valence-electron chi connectivity index (χ1n) is 7.49. The van der Waals surface area contributed by atoms with E-state index in [0.29, 0.717) is 0 Å². The Morgan fingerprint density at radius 3 is 2.43 bits per heavy atom. The Hall–Kier alpha value is -1.49. The molecule has 1 aliphatic carbocycles. The van der Waals surface area contributed by atoms with Crippen molar-refractivity contribution in [2.45, 2.75) is 51.1 Å². The van der Waals surface area contributed by atoms with Crippen LogP contribution in [0.5, 0.6) is 0 Å². The lowest BCUT2D eigenvalue weighted by molar-refractivity contribution is -0.146. The molecule has 2 rings (SSSR count). The van der Waals surface area contributed by atoms with Crippen molar-refractivity contribution >= 4 is 5.97 Å². The van der Waals surface area contributed by atoms with Crippen LogP contribution in [0.3, 0.4) is 0 Å². The molecule has 1 aromatic rings. The number of nitrogens with one attached hydrogen (secondary N) is 1. The topological polar surface area (TPSA) is 38.3 Å². The maximum atomic E-state index is 13.4. The first-order chi connectivity index (χ1) is 10.1. The Balaban J connectivity index is 2.19. The lowest BCUT2D eigenvalue weighted by Gasteiger charge is -2.27. The van der Waals surface area contributed by atoms with Crippen molar-refractivity contribution in [3.63, 3.8) is 0 Å². The summed E-state index contributed by atoms with van der Waals surface area (Å²) in [5, 5.41) is 3.20. The monoisotopic (exact) mass is 297 g/mol. The summed E-state index contributed by atoms with van der Waals surface area (Å²) in [4.78, 5) is 12.1. The van der Waals surface area contributed by atoms with Gasteiger partial charge in [-0.3, -0.25) is 5.32 Å². The number of rotatable bonds is 5. The molecule has 1 unspecified atom stereocenters. The molecule has 0 spiro atoms. The highest BCUT2D eigenvalue weighted by molar-refractivity contribution is 5.77. The van der Waals surface area contributed by atoms with E-state index in [9.17, 15) is 13.6 Å². The van der Waals surface area contributed by atoms with Crippen molar-refractivity contribution in [3.8, 4) is 0 Å². The number of carbonyl (C=O) groups is 1. The third-order valence-electron chi connectivity index (χ3n) is 3.75. The predicted octanol–water partition coefficient (Wildman–Crippen LogP) is 3.49. The van der Waals surface area contributed by atoms with Crippen molar-refractivity contribution < 1.29 is 18.3 Å². The van der Waals surface area contributed by atoms with Gasteiger partial charge in [0.1, 0.15) is 17.7 Å². The average molecular weight is 297 g/mol. The van der Waals surface area contributed by atoms with E-state index in [-0.39, 0.29) is 18.2 Å². The molecule has 1 saturated carbocycles. The average Bonchev–Trinajstić information content (AvgIpc) is 2.45. The second kappa shape index (κ2) is 7.50. The van der Waals surface area contributed by atoms with Gasteiger partial charge in [-0.2, -0.15) is 0 Å². The molecule has 1 fully saturated rings. The minimum Gasteiger partial charge on any atom is -0.465 e. The van der Waals surface area contributed by atoms with Crippen molar-refractivity contribution in [2.75, 3.05) is 6.61 Å². The lowest BCUT2D eigenvalue weighted by atomic mass is 9.94. The van der Waals surface area contributed by atoms with Crippen LogP contribution in [-0.4, -0.2) is 18.6 Å². The summed E-state index contributed by atoms with van der Waals surface area (Å²) in [7, 11) is 0. The van der Waals surface area contributed by atoms with Gasteiger partial charge in [-0.25, -0.2) is 13.6 Å². The van der Waals surface area contributed by atoms with E-state index in [1.807, 2.05) is 0 Å². The molecule has 21 heavy (non-hydrogen) atoms. The van der Waals surface area contributed by atoms with E-state index in [1.165, 1.54) is 18.6 Å². The van der Waals surface area contributed by atoms with Gasteiger partial charge in [-0.15, -0.1) is 0 Å². The van der Waals surface area contributed by atoms with Crippen LogP contribution in [0, 0.1) is 11.6 Å². The van der Waals surface area contributed by atoms with Crippen LogP contribution >= 0.6 is 0 Å². The van der Waals surface area contributed by atoms with Gasteiger partial charge in [0, 0.05) is 12.1 Å². The van der Waals surface area contributed by atoms with Gasteiger partial charge < -0.3 is 4.74 Å². The zero-order valence-corrected chi connectivity index (χ0v) is 12.2. The smallest absolute Gasteiger partial charge is 0.327 e. The fourth-order valence-corrected chi connectivity index (χ4v) is 2.77. The van der Waals surface area contributed by atoms with Gasteiger partial charge in [-0.05, 0) is 37.5 Å². The summed E-state index contributed by atoms with van der Waals surface area (Å²) in [5.74, 6) is -1.87. The molecule has 3 nitrogen and oxygen atoms in total.